The Kier molecular flexibility index (Phi) is 6.50. The fourth-order valence-electron chi connectivity index (χ4n) is 3.67. The number of carbonyl (C=O) groups excluding carboxylic acids is 1. The quantitative estimate of drug-likeness (QED) is 0.385. The van der Waals surface area contributed by atoms with Gasteiger partial charge in [-0.25, -0.2) is 12.8 Å². The molecule has 11 heteroatoms. The van der Waals surface area contributed by atoms with Gasteiger partial charge in [-0.3, -0.25) is 9.52 Å². The average molecular weight is 570 g/mol. The molecule has 2 N–H and O–H groups in total. The SMILES string of the molecule is C[C@H]1CN(C)C(=O)c2cc(Br)c(O)c(c2)S(=O)(=O)Nc2cc(c(Cl)cc2F)-c2ccccc2O1. The minimum Gasteiger partial charge on any atom is -0.505 e. The van der Waals surface area contributed by atoms with Crippen LogP contribution >= 0.6 is 27.5 Å². The zero-order valence-electron chi connectivity index (χ0n) is 18.0. The van der Waals surface area contributed by atoms with Crippen molar-refractivity contribution in [1.82, 2.24) is 4.90 Å². The zero-order valence-corrected chi connectivity index (χ0v) is 21.1. The predicted molar refractivity (Wildman–Crippen MR) is 131 cm³/mol. The number of rotatable bonds is 0. The number of anilines is 1. The fourth-order valence-corrected chi connectivity index (χ4v) is 5.72. The van der Waals surface area contributed by atoms with Crippen LogP contribution in [0.3, 0.4) is 0 Å². The smallest absolute Gasteiger partial charge is 0.265 e. The van der Waals surface area contributed by atoms with Crippen LogP contribution in [0.1, 0.15) is 17.3 Å². The minimum absolute atomic E-state index is 0.00675. The number of para-hydroxylation sites is 1. The van der Waals surface area contributed by atoms with Crippen LogP contribution in [0.2, 0.25) is 5.02 Å². The lowest BCUT2D eigenvalue weighted by Crippen LogP contribution is -2.35. The Labute approximate surface area is 209 Å². The molecular formula is C23H19BrClFN2O5S. The molecule has 0 fully saturated rings. The second-order valence-corrected chi connectivity index (χ2v) is 10.7. The lowest BCUT2D eigenvalue weighted by molar-refractivity contribution is 0.0727. The Bertz CT molecular complexity index is 1420. The number of fused-ring (bicyclic) bond motifs is 6. The van der Waals surface area contributed by atoms with E-state index in [1.807, 2.05) is 0 Å². The van der Waals surface area contributed by atoms with Gasteiger partial charge in [0.2, 0.25) is 0 Å². The third-order valence-electron chi connectivity index (χ3n) is 5.25. The molecule has 3 aromatic rings. The highest BCUT2D eigenvalue weighted by Crippen LogP contribution is 2.40. The maximum absolute atomic E-state index is 14.8. The van der Waals surface area contributed by atoms with Gasteiger partial charge in [-0.1, -0.05) is 29.8 Å². The van der Waals surface area contributed by atoms with Gasteiger partial charge in [0.1, 0.15) is 28.3 Å². The highest BCUT2D eigenvalue weighted by molar-refractivity contribution is 9.10. The molecule has 7 nitrogen and oxygen atoms in total. The van der Waals surface area contributed by atoms with Gasteiger partial charge in [-0.2, -0.15) is 0 Å². The Morgan fingerprint density at radius 2 is 1.91 bits per heavy atom. The van der Waals surface area contributed by atoms with Crippen molar-refractivity contribution in [3.05, 3.63) is 69.4 Å². The Morgan fingerprint density at radius 3 is 2.65 bits per heavy atom. The molecule has 0 radical (unpaired) electrons. The summed E-state index contributed by atoms with van der Waals surface area (Å²) in [6.45, 7) is 1.95. The van der Waals surface area contributed by atoms with Crippen molar-refractivity contribution in [2.75, 3.05) is 18.3 Å². The number of phenols is 1. The van der Waals surface area contributed by atoms with Crippen LogP contribution in [0.4, 0.5) is 10.1 Å². The summed E-state index contributed by atoms with van der Waals surface area (Å²) in [5.41, 5.74) is 0.464. The standard InChI is InChI=1S/C23H19BrClFN2O5S/c1-12-11-28(2)23(30)13-7-16(24)22(29)21(8-13)34(31,32)27-19-9-15(17(25)10-18(19)26)14-5-3-4-6-20(14)33-12/h3-10,12,27,29H,11H2,1-2H3/t12-/m0/s1. The van der Waals surface area contributed by atoms with Crippen LogP contribution in [0.25, 0.3) is 11.1 Å². The number of hydrogen-bond donors (Lipinski definition) is 2. The summed E-state index contributed by atoms with van der Waals surface area (Å²) in [7, 11) is -2.96. The van der Waals surface area contributed by atoms with Gasteiger partial charge >= 0.3 is 0 Å². The minimum atomic E-state index is -4.51. The molecule has 34 heavy (non-hydrogen) atoms. The largest absolute Gasteiger partial charge is 0.505 e. The number of ether oxygens (including phenoxy) is 1. The first kappa shape index (κ1) is 24.3. The fraction of sp³-hybridized carbons (Fsp3) is 0.174. The molecule has 178 valence electrons. The van der Waals surface area contributed by atoms with E-state index in [4.69, 9.17) is 16.3 Å². The molecule has 1 amide bonds. The number of nitrogens with one attached hydrogen (secondary N) is 1. The molecule has 0 aromatic heterocycles. The summed E-state index contributed by atoms with van der Waals surface area (Å²) in [6, 6.07) is 11.5. The highest BCUT2D eigenvalue weighted by atomic mass is 79.9. The van der Waals surface area contributed by atoms with Gasteiger partial charge in [0.15, 0.2) is 0 Å². The van der Waals surface area contributed by atoms with Crippen molar-refractivity contribution in [2.24, 2.45) is 0 Å². The lowest BCUT2D eigenvalue weighted by Gasteiger charge is -2.24. The van der Waals surface area contributed by atoms with Crippen molar-refractivity contribution in [3.8, 4) is 22.6 Å². The third kappa shape index (κ3) is 4.57. The lowest BCUT2D eigenvalue weighted by atomic mass is 10.0. The van der Waals surface area contributed by atoms with E-state index in [2.05, 4.69) is 20.7 Å². The number of likely N-dealkylation sites (N-methyl/N-ethyl adjacent to an activating group) is 1. The van der Waals surface area contributed by atoms with E-state index in [-0.39, 0.29) is 27.3 Å². The number of phenolic OH excluding ortho intramolecular Hbond substituents is 1. The molecule has 4 rings (SSSR count). The molecule has 0 aliphatic carbocycles. The molecule has 1 atom stereocenters. The van der Waals surface area contributed by atoms with Crippen molar-refractivity contribution in [1.29, 1.82) is 0 Å². The Morgan fingerprint density at radius 1 is 1.21 bits per heavy atom. The number of benzene rings is 3. The van der Waals surface area contributed by atoms with Gasteiger partial charge in [0.05, 0.1) is 21.7 Å². The van der Waals surface area contributed by atoms with Gasteiger partial charge in [-0.05, 0) is 53.2 Å². The van der Waals surface area contributed by atoms with Crippen molar-refractivity contribution in [3.63, 3.8) is 0 Å². The summed E-state index contributed by atoms with van der Waals surface area (Å²) in [5.74, 6) is -1.61. The normalized spacial score (nSPS) is 17.6. The van der Waals surface area contributed by atoms with Crippen LogP contribution in [-0.4, -0.2) is 44.0 Å². The van der Waals surface area contributed by atoms with Crippen LogP contribution < -0.4 is 9.46 Å². The van der Waals surface area contributed by atoms with Crippen molar-refractivity contribution >= 4 is 49.1 Å². The van der Waals surface area contributed by atoms with Gasteiger partial charge < -0.3 is 14.7 Å². The summed E-state index contributed by atoms with van der Waals surface area (Å²) >= 11 is 9.41. The number of amides is 1. The molecule has 0 spiro atoms. The summed E-state index contributed by atoms with van der Waals surface area (Å²) in [6.07, 6.45) is -0.458. The number of nitrogens with zero attached hydrogens (tertiary/aromatic N) is 1. The monoisotopic (exact) mass is 568 g/mol. The second-order valence-electron chi connectivity index (χ2n) is 7.83. The molecule has 1 aliphatic heterocycles. The van der Waals surface area contributed by atoms with Crippen LogP contribution in [0.5, 0.6) is 11.5 Å². The molecule has 1 aliphatic rings. The molecule has 0 saturated carbocycles. The number of hydrogen-bond acceptors (Lipinski definition) is 5. The maximum atomic E-state index is 14.8. The van der Waals surface area contributed by atoms with E-state index in [0.29, 0.717) is 16.9 Å². The van der Waals surface area contributed by atoms with Gasteiger partial charge in [0.25, 0.3) is 15.9 Å². The summed E-state index contributed by atoms with van der Waals surface area (Å²) in [4.78, 5) is 13.8. The second kappa shape index (κ2) is 9.09. The van der Waals surface area contributed by atoms with E-state index in [0.717, 1.165) is 12.1 Å². The molecule has 1 heterocycles. The Hall–Kier alpha value is -2.82. The number of carbonyl (C=O) groups is 1. The van der Waals surface area contributed by atoms with Crippen LogP contribution in [0.15, 0.2) is 57.9 Å². The number of halogens is 3. The van der Waals surface area contributed by atoms with Gasteiger partial charge in [-0.15, -0.1) is 0 Å². The summed E-state index contributed by atoms with van der Waals surface area (Å²) < 4.78 is 49.3. The predicted octanol–water partition coefficient (Wildman–Crippen LogP) is 5.27. The van der Waals surface area contributed by atoms with Crippen molar-refractivity contribution in [2.45, 2.75) is 17.9 Å². The third-order valence-corrected chi connectivity index (χ3v) is 7.55. The van der Waals surface area contributed by atoms with E-state index in [9.17, 15) is 22.7 Å². The molecule has 0 saturated heterocycles. The van der Waals surface area contributed by atoms with E-state index in [1.54, 1.807) is 38.2 Å². The highest BCUT2D eigenvalue weighted by Gasteiger charge is 2.27. The van der Waals surface area contributed by atoms with E-state index < -0.39 is 38.5 Å². The van der Waals surface area contributed by atoms with Crippen molar-refractivity contribution < 1.29 is 27.4 Å². The van der Waals surface area contributed by atoms with Crippen LogP contribution in [-0.2, 0) is 10.0 Å². The van der Waals surface area contributed by atoms with Crippen LogP contribution in [0, 0.1) is 5.82 Å². The number of sulfonamides is 1. The Balaban J connectivity index is 1.98. The number of aromatic hydroxyl groups is 1. The first-order valence-electron chi connectivity index (χ1n) is 10.0. The van der Waals surface area contributed by atoms with E-state index in [1.165, 1.54) is 17.0 Å². The molecular weight excluding hydrogens is 551 g/mol. The summed E-state index contributed by atoms with van der Waals surface area (Å²) in [5, 5.41) is 10.5. The topological polar surface area (TPSA) is 95.9 Å². The molecule has 0 unspecified atom stereocenters. The maximum Gasteiger partial charge on any atom is 0.265 e. The van der Waals surface area contributed by atoms with E-state index >= 15 is 0 Å². The zero-order chi connectivity index (χ0) is 24.8. The molecule has 3 aromatic carbocycles. The first-order valence-corrected chi connectivity index (χ1v) is 12.7. The average Bonchev–Trinajstić information content (AvgIpc) is 2.76. The first-order chi connectivity index (χ1) is 16.0. The van der Waals surface area contributed by atoms with Gasteiger partial charge in [0, 0.05) is 23.7 Å². The molecule has 4 bridgehead atoms.